The fraction of sp³-hybridized carbons (Fsp3) is 0.583. The van der Waals surface area contributed by atoms with E-state index in [1.807, 2.05) is 0 Å². The summed E-state index contributed by atoms with van der Waals surface area (Å²) >= 11 is 0. The lowest BCUT2D eigenvalue weighted by Crippen LogP contribution is -2.53. The number of hydrogen-bond acceptors (Lipinski definition) is 6. The van der Waals surface area contributed by atoms with Gasteiger partial charge in [0.1, 0.15) is 6.04 Å². The van der Waals surface area contributed by atoms with Crippen molar-refractivity contribution in [2.75, 3.05) is 0 Å². The number of carbonyl (C=O) groups excluding carboxylic acids is 2. The second-order valence-electron chi connectivity index (χ2n) is 4.55. The van der Waals surface area contributed by atoms with E-state index in [-0.39, 0.29) is 6.42 Å². The van der Waals surface area contributed by atoms with Crippen LogP contribution in [0.2, 0.25) is 0 Å². The minimum Gasteiger partial charge on any atom is -0.481 e. The number of amides is 2. The number of rotatable bonds is 9. The van der Waals surface area contributed by atoms with Gasteiger partial charge in [0, 0.05) is 19.8 Å². The molecule has 0 saturated carbocycles. The zero-order valence-corrected chi connectivity index (χ0v) is 11.9. The van der Waals surface area contributed by atoms with Crippen LogP contribution in [-0.4, -0.2) is 62.0 Å². The molecule has 0 aliphatic heterocycles. The van der Waals surface area contributed by atoms with Crippen LogP contribution in [0.4, 0.5) is 0 Å². The van der Waals surface area contributed by atoms with E-state index < -0.39 is 61.1 Å². The molecule has 0 aromatic heterocycles. The van der Waals surface area contributed by atoms with Gasteiger partial charge in [0.25, 0.3) is 0 Å². The Bertz CT molecular complexity index is 476. The SMILES string of the molecule is CC(=O)N(C(=O)C(N)CCC(=O)O)C(CCC(=O)O)C(=O)O. The van der Waals surface area contributed by atoms with Gasteiger partial charge in [-0.15, -0.1) is 0 Å². The summed E-state index contributed by atoms with van der Waals surface area (Å²) in [4.78, 5) is 56.1. The van der Waals surface area contributed by atoms with E-state index in [1.165, 1.54) is 0 Å². The number of nitrogens with two attached hydrogens (primary N) is 1. The molecule has 0 heterocycles. The third kappa shape index (κ3) is 6.31. The molecule has 5 N–H and O–H groups in total. The fourth-order valence-corrected chi connectivity index (χ4v) is 1.73. The summed E-state index contributed by atoms with van der Waals surface area (Å²) in [6.45, 7) is 0.943. The number of imide groups is 1. The molecule has 0 aliphatic carbocycles. The van der Waals surface area contributed by atoms with Crippen LogP contribution in [-0.2, 0) is 24.0 Å². The highest BCUT2D eigenvalue weighted by molar-refractivity contribution is 6.00. The molecule has 0 spiro atoms. The van der Waals surface area contributed by atoms with Gasteiger partial charge in [-0.2, -0.15) is 0 Å². The van der Waals surface area contributed by atoms with Gasteiger partial charge < -0.3 is 21.1 Å². The highest BCUT2D eigenvalue weighted by Crippen LogP contribution is 2.12. The molecule has 0 fully saturated rings. The average Bonchev–Trinajstić information content (AvgIpc) is 2.38. The summed E-state index contributed by atoms with van der Waals surface area (Å²) in [5.41, 5.74) is 5.48. The van der Waals surface area contributed by atoms with Crippen LogP contribution in [0.3, 0.4) is 0 Å². The van der Waals surface area contributed by atoms with Gasteiger partial charge in [0.05, 0.1) is 6.04 Å². The van der Waals surface area contributed by atoms with Crippen LogP contribution in [0.1, 0.15) is 32.6 Å². The minimum atomic E-state index is -1.67. The maximum atomic E-state index is 12.1. The van der Waals surface area contributed by atoms with E-state index in [2.05, 4.69) is 0 Å². The topological polar surface area (TPSA) is 175 Å². The molecule has 2 atom stereocenters. The Morgan fingerprint density at radius 1 is 0.955 bits per heavy atom. The summed E-state index contributed by atoms with van der Waals surface area (Å²) < 4.78 is 0. The van der Waals surface area contributed by atoms with Crippen molar-refractivity contribution in [3.63, 3.8) is 0 Å². The Balaban J connectivity index is 5.17. The first-order chi connectivity index (χ1) is 10.1. The van der Waals surface area contributed by atoms with Crippen molar-refractivity contribution >= 4 is 29.7 Å². The first kappa shape index (κ1) is 19.5. The number of carboxylic acid groups (broad SMARTS) is 3. The third-order valence-corrected chi connectivity index (χ3v) is 2.79. The second-order valence-corrected chi connectivity index (χ2v) is 4.55. The molecule has 0 rings (SSSR count). The first-order valence-corrected chi connectivity index (χ1v) is 6.33. The predicted molar refractivity (Wildman–Crippen MR) is 70.7 cm³/mol. The smallest absolute Gasteiger partial charge is 0.326 e. The lowest BCUT2D eigenvalue weighted by Gasteiger charge is -2.28. The molecule has 0 aromatic carbocycles. The van der Waals surface area contributed by atoms with Crippen molar-refractivity contribution < 1.29 is 39.3 Å². The van der Waals surface area contributed by atoms with E-state index in [9.17, 15) is 24.0 Å². The maximum Gasteiger partial charge on any atom is 0.326 e. The molecular formula is C12H18N2O8. The standard InChI is InChI=1S/C12H18N2O8/c1-6(15)14(8(12(21)22)3-5-10(18)19)11(20)7(13)2-4-9(16)17/h7-8H,2-5,13H2,1H3,(H,16,17)(H,18,19)(H,21,22). The Hall–Kier alpha value is -2.49. The van der Waals surface area contributed by atoms with Crippen molar-refractivity contribution in [1.29, 1.82) is 0 Å². The number of hydrogen-bond donors (Lipinski definition) is 4. The highest BCUT2D eigenvalue weighted by atomic mass is 16.4. The summed E-state index contributed by atoms with van der Waals surface area (Å²) in [5, 5.41) is 26.2. The van der Waals surface area contributed by atoms with E-state index in [0.717, 1.165) is 6.92 Å². The van der Waals surface area contributed by atoms with Crippen molar-refractivity contribution in [2.24, 2.45) is 5.73 Å². The minimum absolute atomic E-state index is 0.275. The third-order valence-electron chi connectivity index (χ3n) is 2.79. The molecule has 2 unspecified atom stereocenters. The Kier molecular flexibility index (Phi) is 7.73. The number of nitrogens with zero attached hydrogens (tertiary/aromatic N) is 1. The van der Waals surface area contributed by atoms with Gasteiger partial charge in [0.15, 0.2) is 0 Å². The zero-order valence-electron chi connectivity index (χ0n) is 11.9. The molecule has 0 aromatic rings. The van der Waals surface area contributed by atoms with Crippen molar-refractivity contribution in [2.45, 2.75) is 44.7 Å². The first-order valence-electron chi connectivity index (χ1n) is 6.33. The molecule has 0 radical (unpaired) electrons. The van der Waals surface area contributed by atoms with Gasteiger partial charge in [-0.1, -0.05) is 0 Å². The summed E-state index contributed by atoms with van der Waals surface area (Å²) in [6, 6.07) is -3.04. The monoisotopic (exact) mass is 318 g/mol. The normalized spacial score (nSPS) is 13.0. The van der Waals surface area contributed by atoms with Crippen molar-refractivity contribution in [3.8, 4) is 0 Å². The van der Waals surface area contributed by atoms with Gasteiger partial charge in [-0.3, -0.25) is 24.1 Å². The van der Waals surface area contributed by atoms with Gasteiger partial charge in [0.2, 0.25) is 11.8 Å². The number of carboxylic acids is 3. The summed E-state index contributed by atoms with van der Waals surface area (Å²) in [7, 11) is 0. The van der Waals surface area contributed by atoms with Crippen LogP contribution < -0.4 is 5.73 Å². The molecule has 2 amide bonds. The quantitative estimate of drug-likeness (QED) is 0.409. The number of carbonyl (C=O) groups is 5. The molecule has 0 saturated heterocycles. The Morgan fingerprint density at radius 3 is 1.77 bits per heavy atom. The molecule has 124 valence electrons. The lowest BCUT2D eigenvalue weighted by molar-refractivity contribution is -0.159. The van der Waals surface area contributed by atoms with Crippen LogP contribution in [0.15, 0.2) is 0 Å². The zero-order chi connectivity index (χ0) is 17.4. The largest absolute Gasteiger partial charge is 0.481 e. The Labute approximate surface area is 125 Å². The van der Waals surface area contributed by atoms with Crippen molar-refractivity contribution in [3.05, 3.63) is 0 Å². The van der Waals surface area contributed by atoms with Gasteiger partial charge in [-0.25, -0.2) is 4.79 Å². The van der Waals surface area contributed by atoms with Gasteiger partial charge >= 0.3 is 17.9 Å². The van der Waals surface area contributed by atoms with Crippen LogP contribution in [0.25, 0.3) is 0 Å². The average molecular weight is 318 g/mol. The van der Waals surface area contributed by atoms with E-state index in [0.29, 0.717) is 4.90 Å². The maximum absolute atomic E-state index is 12.1. The summed E-state index contributed by atoms with van der Waals surface area (Å²) in [5.74, 6) is -5.98. The van der Waals surface area contributed by atoms with Crippen LogP contribution >= 0.6 is 0 Å². The lowest BCUT2D eigenvalue weighted by atomic mass is 10.1. The molecule has 0 aliphatic rings. The van der Waals surface area contributed by atoms with E-state index >= 15 is 0 Å². The molecular weight excluding hydrogens is 300 g/mol. The van der Waals surface area contributed by atoms with Crippen molar-refractivity contribution in [1.82, 2.24) is 4.90 Å². The Morgan fingerprint density at radius 2 is 1.41 bits per heavy atom. The molecule has 0 bridgehead atoms. The second kappa shape index (κ2) is 8.72. The number of aliphatic carboxylic acids is 3. The fourth-order valence-electron chi connectivity index (χ4n) is 1.73. The van der Waals surface area contributed by atoms with Gasteiger partial charge in [-0.05, 0) is 12.8 Å². The summed E-state index contributed by atoms with van der Waals surface area (Å²) in [6.07, 6.45) is -1.73. The molecule has 10 nitrogen and oxygen atoms in total. The molecule has 22 heavy (non-hydrogen) atoms. The highest BCUT2D eigenvalue weighted by Gasteiger charge is 2.35. The van der Waals surface area contributed by atoms with Crippen LogP contribution in [0.5, 0.6) is 0 Å². The van der Waals surface area contributed by atoms with E-state index in [4.69, 9.17) is 21.1 Å². The van der Waals surface area contributed by atoms with E-state index in [1.54, 1.807) is 0 Å². The van der Waals surface area contributed by atoms with Crippen LogP contribution in [0, 0.1) is 0 Å². The molecule has 10 heteroatoms. The predicted octanol–water partition coefficient (Wildman–Crippen LogP) is -1.13.